The molecule has 17 heavy (non-hydrogen) atoms. The van der Waals surface area contributed by atoms with Crippen LogP contribution in [0.3, 0.4) is 0 Å². The molecule has 2 nitrogen and oxygen atoms in total. The zero-order valence-corrected chi connectivity index (χ0v) is 11.4. The average molecular weight is 237 g/mol. The molecule has 0 aliphatic heterocycles. The lowest BCUT2D eigenvalue weighted by atomic mass is 9.49. The highest BCUT2D eigenvalue weighted by atomic mass is 16.3. The number of aliphatic hydroxyl groups excluding tert-OH is 1. The zero-order chi connectivity index (χ0) is 12.0. The lowest BCUT2D eigenvalue weighted by Crippen LogP contribution is -2.51. The molecule has 4 aliphatic rings. The van der Waals surface area contributed by atoms with Crippen LogP contribution in [0.4, 0.5) is 0 Å². The number of nitrogens with zero attached hydrogens (tertiary/aromatic N) is 1. The molecular weight excluding hydrogens is 210 g/mol. The van der Waals surface area contributed by atoms with Gasteiger partial charge in [-0.15, -0.1) is 0 Å². The van der Waals surface area contributed by atoms with Gasteiger partial charge in [0.15, 0.2) is 0 Å². The minimum Gasteiger partial charge on any atom is -0.392 e. The highest BCUT2D eigenvalue weighted by Gasteiger charge is 2.50. The van der Waals surface area contributed by atoms with Crippen molar-refractivity contribution < 1.29 is 5.11 Å². The number of aliphatic hydroxyl groups is 1. The van der Waals surface area contributed by atoms with Crippen molar-refractivity contribution in [3.8, 4) is 0 Å². The van der Waals surface area contributed by atoms with Crippen molar-refractivity contribution in [3.63, 3.8) is 0 Å². The van der Waals surface area contributed by atoms with Crippen LogP contribution in [0.15, 0.2) is 0 Å². The molecule has 0 aromatic heterocycles. The van der Waals surface area contributed by atoms with Gasteiger partial charge in [-0.2, -0.15) is 0 Å². The molecule has 1 atom stereocenters. The molecule has 4 rings (SSSR count). The van der Waals surface area contributed by atoms with Crippen LogP contribution in [-0.4, -0.2) is 36.2 Å². The first kappa shape index (κ1) is 12.0. The Morgan fingerprint density at radius 3 is 2.00 bits per heavy atom. The molecule has 2 heteroatoms. The molecule has 0 aromatic rings. The first-order chi connectivity index (χ1) is 8.05. The second-order valence-corrected chi connectivity index (χ2v) is 7.46. The van der Waals surface area contributed by atoms with Crippen molar-refractivity contribution in [1.82, 2.24) is 4.90 Å². The van der Waals surface area contributed by atoms with Gasteiger partial charge in [-0.3, -0.25) is 0 Å². The van der Waals surface area contributed by atoms with Crippen molar-refractivity contribution in [3.05, 3.63) is 0 Å². The van der Waals surface area contributed by atoms with Gasteiger partial charge in [-0.05, 0) is 75.7 Å². The van der Waals surface area contributed by atoms with E-state index in [0.29, 0.717) is 5.41 Å². The molecule has 4 fully saturated rings. The van der Waals surface area contributed by atoms with Crippen molar-refractivity contribution in [1.29, 1.82) is 0 Å². The second kappa shape index (κ2) is 4.24. The number of rotatable bonds is 4. The maximum absolute atomic E-state index is 9.49. The molecule has 0 saturated heterocycles. The maximum atomic E-state index is 9.49. The van der Waals surface area contributed by atoms with Crippen LogP contribution >= 0.6 is 0 Å². The van der Waals surface area contributed by atoms with E-state index in [9.17, 15) is 5.11 Å². The molecule has 1 N–H and O–H groups in total. The lowest BCUT2D eigenvalue weighted by molar-refractivity contribution is -0.0688. The molecule has 1 unspecified atom stereocenters. The molecule has 0 aromatic carbocycles. The van der Waals surface area contributed by atoms with E-state index in [1.54, 1.807) is 0 Å². The Morgan fingerprint density at radius 1 is 1.12 bits per heavy atom. The molecule has 0 spiro atoms. The van der Waals surface area contributed by atoms with Crippen LogP contribution in [0, 0.1) is 23.2 Å². The highest BCUT2D eigenvalue weighted by molar-refractivity contribution is 5.02. The minimum atomic E-state index is -0.186. The molecule has 4 aliphatic carbocycles. The number of hydrogen-bond donors (Lipinski definition) is 1. The van der Waals surface area contributed by atoms with Gasteiger partial charge < -0.3 is 10.0 Å². The summed E-state index contributed by atoms with van der Waals surface area (Å²) >= 11 is 0. The Balaban J connectivity index is 1.65. The fourth-order valence-electron chi connectivity index (χ4n) is 5.57. The van der Waals surface area contributed by atoms with E-state index < -0.39 is 0 Å². The molecule has 4 bridgehead atoms. The van der Waals surface area contributed by atoms with Gasteiger partial charge >= 0.3 is 0 Å². The third-order valence-electron chi connectivity index (χ3n) is 5.35. The van der Waals surface area contributed by atoms with E-state index in [1.807, 2.05) is 6.92 Å². The van der Waals surface area contributed by atoms with Crippen molar-refractivity contribution in [2.75, 3.05) is 20.1 Å². The molecule has 0 heterocycles. The summed E-state index contributed by atoms with van der Waals surface area (Å²) in [5.41, 5.74) is 0.623. The second-order valence-electron chi connectivity index (χ2n) is 7.46. The largest absolute Gasteiger partial charge is 0.392 e. The molecule has 0 amide bonds. The van der Waals surface area contributed by atoms with Gasteiger partial charge in [0.25, 0.3) is 0 Å². The fourth-order valence-corrected chi connectivity index (χ4v) is 5.57. The average Bonchev–Trinajstić information content (AvgIpc) is 2.11. The Labute approximate surface area is 105 Å². The van der Waals surface area contributed by atoms with Gasteiger partial charge in [0, 0.05) is 13.1 Å². The summed E-state index contributed by atoms with van der Waals surface area (Å²) in [5, 5.41) is 9.49. The summed E-state index contributed by atoms with van der Waals surface area (Å²) in [6, 6.07) is 0. The third-order valence-corrected chi connectivity index (χ3v) is 5.35. The summed E-state index contributed by atoms with van der Waals surface area (Å²) in [5.74, 6) is 3.13. The van der Waals surface area contributed by atoms with Crippen molar-refractivity contribution in [2.45, 2.75) is 51.6 Å². The van der Waals surface area contributed by atoms with E-state index in [4.69, 9.17) is 0 Å². The van der Waals surface area contributed by atoms with E-state index in [2.05, 4.69) is 11.9 Å². The Hall–Kier alpha value is -0.0800. The quantitative estimate of drug-likeness (QED) is 0.812. The predicted molar refractivity (Wildman–Crippen MR) is 69.8 cm³/mol. The SMILES string of the molecule is CC(O)CN(C)CC12CC3CC(CC(C3)C1)C2. The first-order valence-corrected chi connectivity index (χ1v) is 7.41. The van der Waals surface area contributed by atoms with Crippen LogP contribution in [0.2, 0.25) is 0 Å². The van der Waals surface area contributed by atoms with Crippen LogP contribution in [0.1, 0.15) is 45.4 Å². The van der Waals surface area contributed by atoms with Crippen LogP contribution < -0.4 is 0 Å². The van der Waals surface area contributed by atoms with Crippen LogP contribution in [-0.2, 0) is 0 Å². The summed E-state index contributed by atoms with van der Waals surface area (Å²) in [7, 11) is 2.19. The Bertz CT molecular complexity index is 251. The molecular formula is C15H27NO. The van der Waals surface area contributed by atoms with Gasteiger partial charge in [-0.1, -0.05) is 0 Å². The van der Waals surface area contributed by atoms with E-state index >= 15 is 0 Å². The van der Waals surface area contributed by atoms with Gasteiger partial charge in [0.05, 0.1) is 6.10 Å². The highest BCUT2D eigenvalue weighted by Crippen LogP contribution is 2.60. The predicted octanol–water partition coefficient (Wildman–Crippen LogP) is 2.52. The lowest BCUT2D eigenvalue weighted by Gasteiger charge is -2.57. The van der Waals surface area contributed by atoms with Crippen molar-refractivity contribution >= 4 is 0 Å². The summed E-state index contributed by atoms with van der Waals surface area (Å²) in [6.07, 6.45) is 8.82. The zero-order valence-electron chi connectivity index (χ0n) is 11.4. The summed E-state index contributed by atoms with van der Waals surface area (Å²) < 4.78 is 0. The van der Waals surface area contributed by atoms with E-state index in [0.717, 1.165) is 24.3 Å². The molecule has 4 saturated carbocycles. The molecule has 0 radical (unpaired) electrons. The summed E-state index contributed by atoms with van der Waals surface area (Å²) in [6.45, 7) is 3.96. The third kappa shape index (κ3) is 2.39. The minimum absolute atomic E-state index is 0.186. The topological polar surface area (TPSA) is 23.5 Å². The normalized spacial score (nSPS) is 45.5. The Kier molecular flexibility index (Phi) is 2.99. The van der Waals surface area contributed by atoms with Gasteiger partial charge in [-0.25, -0.2) is 0 Å². The van der Waals surface area contributed by atoms with E-state index in [-0.39, 0.29) is 6.10 Å². The smallest absolute Gasteiger partial charge is 0.0638 e. The van der Waals surface area contributed by atoms with Crippen molar-refractivity contribution in [2.24, 2.45) is 23.2 Å². The monoisotopic (exact) mass is 237 g/mol. The Morgan fingerprint density at radius 2 is 1.59 bits per heavy atom. The fraction of sp³-hybridized carbons (Fsp3) is 1.00. The number of likely N-dealkylation sites (N-methyl/N-ethyl adjacent to an activating group) is 1. The van der Waals surface area contributed by atoms with Crippen LogP contribution in [0.5, 0.6) is 0 Å². The van der Waals surface area contributed by atoms with Gasteiger partial charge in [0.1, 0.15) is 0 Å². The number of hydrogen-bond acceptors (Lipinski definition) is 2. The first-order valence-electron chi connectivity index (χ1n) is 7.41. The standard InChI is InChI=1S/C15H27NO/c1-11(17)9-16(2)10-15-6-12-3-13(7-15)5-14(4-12)8-15/h11-14,17H,3-10H2,1-2H3. The van der Waals surface area contributed by atoms with Crippen LogP contribution in [0.25, 0.3) is 0 Å². The van der Waals surface area contributed by atoms with Gasteiger partial charge in [0.2, 0.25) is 0 Å². The van der Waals surface area contributed by atoms with E-state index in [1.165, 1.54) is 45.1 Å². The molecule has 98 valence electrons. The maximum Gasteiger partial charge on any atom is 0.0638 e. The summed E-state index contributed by atoms with van der Waals surface area (Å²) in [4.78, 5) is 2.37.